The molecule has 0 aliphatic rings. The number of nitrogens with zero attached hydrogens (tertiary/aromatic N) is 2. The summed E-state index contributed by atoms with van der Waals surface area (Å²) < 4.78 is 9.30. The van der Waals surface area contributed by atoms with Crippen molar-refractivity contribution in [2.45, 2.75) is 0 Å². The number of hydrogen-bond donors (Lipinski definition) is 0. The van der Waals surface area contributed by atoms with Gasteiger partial charge in [0.2, 0.25) is 0 Å². The van der Waals surface area contributed by atoms with Crippen LogP contribution in [0.1, 0.15) is 0 Å². The van der Waals surface area contributed by atoms with Crippen molar-refractivity contribution in [3.8, 4) is 50.2 Å². The lowest BCUT2D eigenvalue weighted by molar-refractivity contribution is 0.674. The average Bonchev–Trinajstić information content (AvgIpc) is 3.86. The second-order valence-corrected chi connectivity index (χ2v) is 14.9. The highest BCUT2D eigenvalue weighted by molar-refractivity contribution is 6.18. The Morgan fingerprint density at radius 2 is 0.864 bits per heavy atom. The highest BCUT2D eigenvalue weighted by Crippen LogP contribution is 2.45. The average molecular weight is 755 g/mol. The summed E-state index contributed by atoms with van der Waals surface area (Å²) in [5, 5.41) is 2.18. The van der Waals surface area contributed by atoms with Crippen LogP contribution in [0.5, 0.6) is 0 Å². The topological polar surface area (TPSA) is 21.3 Å². The summed E-state index contributed by atoms with van der Waals surface area (Å²) in [4.78, 5) is 2.38. The highest BCUT2D eigenvalue weighted by atomic mass is 16.3. The van der Waals surface area contributed by atoms with Crippen LogP contribution in [0.15, 0.2) is 235 Å². The third-order valence-corrected chi connectivity index (χ3v) is 11.4. The van der Waals surface area contributed by atoms with Gasteiger partial charge in [-0.15, -0.1) is 0 Å². The molecule has 9 aromatic carbocycles. The molecule has 59 heavy (non-hydrogen) atoms. The van der Waals surface area contributed by atoms with Gasteiger partial charge in [0.1, 0.15) is 11.1 Å². The van der Waals surface area contributed by atoms with Crippen LogP contribution in [-0.4, -0.2) is 4.57 Å². The normalized spacial score (nSPS) is 11.4. The van der Waals surface area contributed by atoms with E-state index in [0.717, 1.165) is 78.0 Å². The minimum atomic E-state index is 0.878. The fourth-order valence-corrected chi connectivity index (χ4v) is 8.62. The lowest BCUT2D eigenvalue weighted by atomic mass is 9.97. The van der Waals surface area contributed by atoms with E-state index in [1.165, 1.54) is 22.3 Å². The predicted octanol–water partition coefficient (Wildman–Crippen LogP) is 15.7. The summed E-state index contributed by atoms with van der Waals surface area (Å²) in [7, 11) is 0. The lowest BCUT2D eigenvalue weighted by Crippen LogP contribution is -2.11. The van der Waals surface area contributed by atoms with E-state index in [0.29, 0.717) is 0 Å². The molecule has 0 saturated heterocycles. The molecule has 0 radical (unpaired) electrons. The van der Waals surface area contributed by atoms with E-state index in [2.05, 4.69) is 240 Å². The Morgan fingerprint density at radius 3 is 1.59 bits per heavy atom. The SMILES string of the molecule is c1ccc(-c2ccc(-c3ccccc3N(c3ccc(-c4ccccc4)cc3)c3cccc(-c4cccc5c4oc4c6ccccc6n(-c6ccccc6)c54)c3)cc2)cc1. The third kappa shape index (κ3) is 6.08. The largest absolute Gasteiger partial charge is 0.453 e. The highest BCUT2D eigenvalue weighted by Gasteiger charge is 2.23. The van der Waals surface area contributed by atoms with E-state index in [-0.39, 0.29) is 0 Å². The number of benzene rings is 9. The fraction of sp³-hybridized carbons (Fsp3) is 0. The minimum absolute atomic E-state index is 0.878. The first kappa shape index (κ1) is 34.4. The van der Waals surface area contributed by atoms with E-state index in [4.69, 9.17) is 4.42 Å². The van der Waals surface area contributed by atoms with Crippen molar-refractivity contribution in [3.05, 3.63) is 231 Å². The summed E-state index contributed by atoms with van der Waals surface area (Å²) in [6.45, 7) is 0. The number of hydrogen-bond acceptors (Lipinski definition) is 2. The molecule has 11 aromatic rings. The van der Waals surface area contributed by atoms with Crippen LogP contribution in [0.4, 0.5) is 17.1 Å². The maximum absolute atomic E-state index is 6.96. The molecule has 0 fully saturated rings. The Morgan fingerprint density at radius 1 is 0.339 bits per heavy atom. The lowest BCUT2D eigenvalue weighted by Gasteiger charge is -2.28. The molecule has 0 saturated carbocycles. The zero-order valence-corrected chi connectivity index (χ0v) is 32.2. The van der Waals surface area contributed by atoms with Gasteiger partial charge < -0.3 is 13.9 Å². The van der Waals surface area contributed by atoms with Crippen molar-refractivity contribution in [1.82, 2.24) is 4.57 Å². The van der Waals surface area contributed by atoms with Crippen molar-refractivity contribution in [1.29, 1.82) is 0 Å². The molecule has 3 heteroatoms. The van der Waals surface area contributed by atoms with E-state index >= 15 is 0 Å². The molecule has 0 aliphatic heterocycles. The molecule has 0 aliphatic carbocycles. The van der Waals surface area contributed by atoms with Gasteiger partial charge in [0.25, 0.3) is 0 Å². The molecular weight excluding hydrogens is 717 g/mol. The van der Waals surface area contributed by atoms with Crippen molar-refractivity contribution in [2.24, 2.45) is 0 Å². The maximum atomic E-state index is 6.96. The smallest absolute Gasteiger partial charge is 0.161 e. The van der Waals surface area contributed by atoms with Crippen molar-refractivity contribution in [2.75, 3.05) is 4.90 Å². The van der Waals surface area contributed by atoms with Crippen LogP contribution in [0, 0.1) is 0 Å². The number of anilines is 3. The first-order valence-electron chi connectivity index (χ1n) is 20.1. The summed E-state index contributed by atoms with van der Waals surface area (Å²) >= 11 is 0. The van der Waals surface area contributed by atoms with Crippen LogP contribution >= 0.6 is 0 Å². The molecule has 11 rings (SSSR count). The van der Waals surface area contributed by atoms with Crippen LogP contribution in [0.3, 0.4) is 0 Å². The fourth-order valence-electron chi connectivity index (χ4n) is 8.62. The molecule has 2 heterocycles. The maximum Gasteiger partial charge on any atom is 0.161 e. The van der Waals surface area contributed by atoms with Gasteiger partial charge in [-0.2, -0.15) is 0 Å². The van der Waals surface area contributed by atoms with Gasteiger partial charge in [-0.25, -0.2) is 0 Å². The quantitative estimate of drug-likeness (QED) is 0.154. The van der Waals surface area contributed by atoms with Gasteiger partial charge in [0.05, 0.1) is 11.2 Å². The standard InChI is InChI=1S/C56H38N2O/c1-4-16-39(17-5-1)41-30-32-43(33-31-41)48-24-10-12-28-52(48)57(46-36-34-42(35-37-46)40-18-6-2-7-19-40)47-23-14-20-44(38-47)49-26-15-27-51-54-56(59-55(49)51)50-25-11-13-29-53(50)58(54)45-21-8-3-9-22-45/h1-38H. The van der Waals surface area contributed by atoms with Gasteiger partial charge in [-0.05, 0) is 94.0 Å². The Balaban J connectivity index is 1.07. The molecule has 0 amide bonds. The molecular formula is C56H38N2O. The molecule has 0 unspecified atom stereocenters. The summed E-state index contributed by atoms with van der Waals surface area (Å²) in [5.41, 5.74) is 17.5. The van der Waals surface area contributed by atoms with E-state index in [9.17, 15) is 0 Å². The van der Waals surface area contributed by atoms with Crippen molar-refractivity contribution >= 4 is 50.0 Å². The molecule has 0 atom stereocenters. The Hall–Kier alpha value is -7.88. The van der Waals surface area contributed by atoms with E-state index in [1.807, 2.05) is 0 Å². The number of rotatable bonds is 8. The third-order valence-electron chi connectivity index (χ3n) is 11.4. The molecule has 0 bridgehead atoms. The van der Waals surface area contributed by atoms with E-state index in [1.54, 1.807) is 0 Å². The van der Waals surface area contributed by atoms with Crippen LogP contribution in [-0.2, 0) is 0 Å². The molecule has 0 spiro atoms. The number of fused-ring (bicyclic) bond motifs is 5. The number of furan rings is 1. The van der Waals surface area contributed by atoms with Crippen molar-refractivity contribution in [3.63, 3.8) is 0 Å². The van der Waals surface area contributed by atoms with Gasteiger partial charge in [-0.3, -0.25) is 0 Å². The van der Waals surface area contributed by atoms with Crippen LogP contribution in [0.2, 0.25) is 0 Å². The molecule has 3 nitrogen and oxygen atoms in total. The number of aromatic nitrogens is 1. The van der Waals surface area contributed by atoms with Crippen LogP contribution in [0.25, 0.3) is 83.2 Å². The summed E-state index contributed by atoms with van der Waals surface area (Å²) in [5.74, 6) is 0. The summed E-state index contributed by atoms with van der Waals surface area (Å²) in [6, 6.07) is 82.1. The first-order valence-corrected chi connectivity index (χ1v) is 20.1. The van der Waals surface area contributed by atoms with Crippen molar-refractivity contribution < 1.29 is 4.42 Å². The predicted molar refractivity (Wildman–Crippen MR) is 247 cm³/mol. The van der Waals surface area contributed by atoms with Gasteiger partial charge >= 0.3 is 0 Å². The number of para-hydroxylation sites is 4. The Kier molecular flexibility index (Phi) is 8.49. The Bertz CT molecular complexity index is 3240. The molecule has 0 N–H and O–H groups in total. The summed E-state index contributed by atoms with van der Waals surface area (Å²) in [6.07, 6.45) is 0. The zero-order chi connectivity index (χ0) is 39.1. The monoisotopic (exact) mass is 754 g/mol. The minimum Gasteiger partial charge on any atom is -0.453 e. The second kappa shape index (κ2) is 14.6. The molecule has 278 valence electrons. The van der Waals surface area contributed by atoms with Crippen LogP contribution < -0.4 is 4.90 Å². The van der Waals surface area contributed by atoms with Gasteiger partial charge in [0, 0.05) is 39.0 Å². The second-order valence-electron chi connectivity index (χ2n) is 14.9. The first-order chi connectivity index (χ1) is 29.3. The Labute approximate surface area is 343 Å². The van der Waals surface area contributed by atoms with Gasteiger partial charge in [0.15, 0.2) is 5.58 Å². The van der Waals surface area contributed by atoms with Gasteiger partial charge in [-0.1, -0.05) is 170 Å². The van der Waals surface area contributed by atoms with E-state index < -0.39 is 0 Å². The zero-order valence-electron chi connectivity index (χ0n) is 32.2. The molecule has 2 aromatic heterocycles.